The van der Waals surface area contributed by atoms with Crippen molar-refractivity contribution in [1.29, 1.82) is 0 Å². The number of halogens is 3. The molecule has 1 rings (SSSR count). The molecule has 0 spiro atoms. The fourth-order valence-corrected chi connectivity index (χ4v) is 1.77. The van der Waals surface area contributed by atoms with Crippen molar-refractivity contribution in [2.24, 2.45) is 5.92 Å². The average Bonchev–Trinajstić information content (AvgIpc) is 2.11. The summed E-state index contributed by atoms with van der Waals surface area (Å²) in [7, 11) is 0. The molecule has 0 aliphatic rings. The smallest absolute Gasteiger partial charge is 0.126 e. The van der Waals surface area contributed by atoms with Crippen LogP contribution in [0, 0.1) is 11.7 Å². The Bertz CT molecular complexity index is 286. The Morgan fingerprint density at radius 1 is 1.46 bits per heavy atom. The van der Waals surface area contributed by atoms with Gasteiger partial charge in [0.25, 0.3) is 0 Å². The first-order chi connectivity index (χ1) is 6.13. The third-order valence-electron chi connectivity index (χ3n) is 1.84. The Balaban J connectivity index is 2.81. The van der Waals surface area contributed by atoms with Gasteiger partial charge in [-0.2, -0.15) is 0 Å². The van der Waals surface area contributed by atoms with Crippen molar-refractivity contribution < 1.29 is 4.39 Å². The highest BCUT2D eigenvalue weighted by Gasteiger charge is 2.07. The molecule has 0 saturated carbocycles. The van der Waals surface area contributed by atoms with Gasteiger partial charge >= 0.3 is 0 Å². The van der Waals surface area contributed by atoms with Crippen LogP contribution in [-0.4, -0.2) is 5.33 Å². The van der Waals surface area contributed by atoms with Crippen molar-refractivity contribution in [1.82, 2.24) is 0 Å². The first-order valence-electron chi connectivity index (χ1n) is 4.13. The minimum Gasteiger partial charge on any atom is -0.207 e. The Hall–Kier alpha value is 0.110. The SMILES string of the molecule is CC(CBr)Cc1cc(Br)ccc1F. The summed E-state index contributed by atoms with van der Waals surface area (Å²) in [5.41, 5.74) is 0.779. The van der Waals surface area contributed by atoms with Crippen LogP contribution in [0.25, 0.3) is 0 Å². The molecular formula is C10H11Br2F. The van der Waals surface area contributed by atoms with Crippen LogP contribution >= 0.6 is 31.9 Å². The zero-order valence-electron chi connectivity index (χ0n) is 7.36. The maximum Gasteiger partial charge on any atom is 0.126 e. The highest BCUT2D eigenvalue weighted by molar-refractivity contribution is 9.10. The van der Waals surface area contributed by atoms with Crippen molar-refractivity contribution in [2.75, 3.05) is 5.33 Å². The number of rotatable bonds is 3. The average molecular weight is 310 g/mol. The van der Waals surface area contributed by atoms with Gasteiger partial charge in [-0.1, -0.05) is 38.8 Å². The Morgan fingerprint density at radius 3 is 2.77 bits per heavy atom. The van der Waals surface area contributed by atoms with E-state index in [0.717, 1.165) is 21.8 Å². The molecule has 13 heavy (non-hydrogen) atoms. The van der Waals surface area contributed by atoms with Gasteiger partial charge in [-0.25, -0.2) is 4.39 Å². The van der Waals surface area contributed by atoms with Gasteiger partial charge in [0.1, 0.15) is 5.82 Å². The normalized spacial score (nSPS) is 12.9. The van der Waals surface area contributed by atoms with E-state index < -0.39 is 0 Å². The van der Waals surface area contributed by atoms with Gasteiger partial charge in [0, 0.05) is 9.80 Å². The van der Waals surface area contributed by atoms with Crippen LogP contribution in [0.15, 0.2) is 22.7 Å². The molecule has 0 heterocycles. The van der Waals surface area contributed by atoms with Gasteiger partial charge in [0.2, 0.25) is 0 Å². The van der Waals surface area contributed by atoms with Gasteiger partial charge in [-0.05, 0) is 36.1 Å². The summed E-state index contributed by atoms with van der Waals surface area (Å²) in [5.74, 6) is 0.347. The monoisotopic (exact) mass is 308 g/mol. The molecule has 72 valence electrons. The fraction of sp³-hybridized carbons (Fsp3) is 0.400. The molecule has 0 fully saturated rings. The maximum atomic E-state index is 13.2. The van der Waals surface area contributed by atoms with Crippen LogP contribution in [0.5, 0.6) is 0 Å². The molecule has 0 aliphatic heterocycles. The maximum absolute atomic E-state index is 13.2. The standard InChI is InChI=1S/C10H11Br2F/c1-7(6-11)4-8-5-9(12)2-3-10(8)13/h2-3,5,7H,4,6H2,1H3. The Labute approximate surface area is 94.8 Å². The molecule has 1 unspecified atom stereocenters. The van der Waals surface area contributed by atoms with Crippen LogP contribution in [0.3, 0.4) is 0 Å². The molecule has 1 aromatic rings. The van der Waals surface area contributed by atoms with E-state index in [4.69, 9.17) is 0 Å². The second-order valence-corrected chi connectivity index (χ2v) is 4.76. The molecule has 3 heteroatoms. The number of alkyl halides is 1. The molecule has 0 saturated heterocycles. The highest BCUT2D eigenvalue weighted by atomic mass is 79.9. The van der Waals surface area contributed by atoms with Gasteiger partial charge in [0.15, 0.2) is 0 Å². The van der Waals surface area contributed by atoms with E-state index in [-0.39, 0.29) is 5.82 Å². The minimum absolute atomic E-state index is 0.115. The van der Waals surface area contributed by atoms with Crippen molar-refractivity contribution in [2.45, 2.75) is 13.3 Å². The summed E-state index contributed by atoms with van der Waals surface area (Å²) in [6.07, 6.45) is 0.774. The summed E-state index contributed by atoms with van der Waals surface area (Å²) in [6, 6.07) is 5.06. The second kappa shape index (κ2) is 5.11. The fourth-order valence-electron chi connectivity index (χ4n) is 1.13. The zero-order valence-corrected chi connectivity index (χ0v) is 10.5. The van der Waals surface area contributed by atoms with E-state index in [2.05, 4.69) is 38.8 Å². The summed E-state index contributed by atoms with van der Waals surface area (Å²) in [4.78, 5) is 0. The van der Waals surface area contributed by atoms with E-state index in [1.165, 1.54) is 6.07 Å². The van der Waals surface area contributed by atoms with Crippen molar-refractivity contribution in [3.8, 4) is 0 Å². The van der Waals surface area contributed by atoms with Gasteiger partial charge in [0.05, 0.1) is 0 Å². The molecule has 1 aromatic carbocycles. The quantitative estimate of drug-likeness (QED) is 0.735. The molecular weight excluding hydrogens is 299 g/mol. The largest absolute Gasteiger partial charge is 0.207 e. The third-order valence-corrected chi connectivity index (χ3v) is 3.44. The lowest BCUT2D eigenvalue weighted by atomic mass is 10.0. The van der Waals surface area contributed by atoms with E-state index in [9.17, 15) is 4.39 Å². The van der Waals surface area contributed by atoms with E-state index >= 15 is 0 Å². The van der Waals surface area contributed by atoms with Gasteiger partial charge in [-0.3, -0.25) is 0 Å². The van der Waals surface area contributed by atoms with E-state index in [1.54, 1.807) is 6.07 Å². The third kappa shape index (κ3) is 3.39. The summed E-state index contributed by atoms with van der Waals surface area (Å²) < 4.78 is 14.2. The lowest BCUT2D eigenvalue weighted by Gasteiger charge is -2.08. The van der Waals surface area contributed by atoms with Gasteiger partial charge in [-0.15, -0.1) is 0 Å². The van der Waals surface area contributed by atoms with Crippen LogP contribution in [0.4, 0.5) is 4.39 Å². The van der Waals surface area contributed by atoms with Crippen LogP contribution < -0.4 is 0 Å². The lowest BCUT2D eigenvalue weighted by Crippen LogP contribution is -2.02. The van der Waals surface area contributed by atoms with E-state index in [1.807, 2.05) is 6.07 Å². The molecule has 0 N–H and O–H groups in total. The first kappa shape index (κ1) is 11.2. The van der Waals surface area contributed by atoms with Crippen molar-refractivity contribution in [3.05, 3.63) is 34.1 Å². The molecule has 0 nitrogen and oxygen atoms in total. The number of hydrogen-bond donors (Lipinski definition) is 0. The predicted octanol–water partition coefficient (Wildman–Crippen LogP) is 4.16. The molecule has 1 atom stereocenters. The van der Waals surface area contributed by atoms with Crippen molar-refractivity contribution >= 4 is 31.9 Å². The summed E-state index contributed by atoms with van der Waals surface area (Å²) in [5, 5.41) is 0.902. The second-order valence-electron chi connectivity index (χ2n) is 3.20. The van der Waals surface area contributed by atoms with E-state index in [0.29, 0.717) is 5.92 Å². The van der Waals surface area contributed by atoms with Crippen LogP contribution in [-0.2, 0) is 6.42 Å². The Kier molecular flexibility index (Phi) is 4.39. The summed E-state index contributed by atoms with van der Waals surface area (Å²) in [6.45, 7) is 2.09. The zero-order chi connectivity index (χ0) is 9.84. The predicted molar refractivity (Wildman–Crippen MR) is 60.8 cm³/mol. The first-order valence-corrected chi connectivity index (χ1v) is 6.05. The van der Waals surface area contributed by atoms with Crippen molar-refractivity contribution in [3.63, 3.8) is 0 Å². The number of benzene rings is 1. The highest BCUT2D eigenvalue weighted by Crippen LogP contribution is 2.19. The Morgan fingerprint density at radius 2 is 2.15 bits per heavy atom. The summed E-state index contributed by atoms with van der Waals surface area (Å²) >= 11 is 6.71. The van der Waals surface area contributed by atoms with Crippen LogP contribution in [0.2, 0.25) is 0 Å². The molecule has 0 amide bonds. The molecule has 0 bridgehead atoms. The van der Waals surface area contributed by atoms with Gasteiger partial charge < -0.3 is 0 Å². The molecule has 0 aliphatic carbocycles. The lowest BCUT2D eigenvalue weighted by molar-refractivity contribution is 0.578. The molecule has 0 radical (unpaired) electrons. The van der Waals surface area contributed by atoms with Crippen LogP contribution in [0.1, 0.15) is 12.5 Å². The topological polar surface area (TPSA) is 0 Å². The number of hydrogen-bond acceptors (Lipinski definition) is 0. The minimum atomic E-state index is -0.115. The molecule has 0 aromatic heterocycles.